The van der Waals surface area contributed by atoms with Crippen molar-refractivity contribution in [1.29, 1.82) is 0 Å². The fraction of sp³-hybridized carbons (Fsp3) is 0.250. The Kier molecular flexibility index (Phi) is 5.13. The molecule has 0 bridgehead atoms. The number of hydrogen-bond donors (Lipinski definition) is 0. The van der Waals surface area contributed by atoms with Gasteiger partial charge in [-0.1, -0.05) is 49.9 Å². The fourth-order valence-corrected chi connectivity index (χ4v) is 4.57. The molecule has 0 fully saturated rings. The number of nitrogens with zero attached hydrogens (tertiary/aromatic N) is 4. The quantitative estimate of drug-likeness (QED) is 0.396. The van der Waals surface area contributed by atoms with Gasteiger partial charge in [0.25, 0.3) is 0 Å². The first-order valence-corrected chi connectivity index (χ1v) is 10.5. The molecular weight excluding hydrogens is 376 g/mol. The van der Waals surface area contributed by atoms with Crippen LogP contribution in [0.25, 0.3) is 22.2 Å². The highest BCUT2D eigenvalue weighted by molar-refractivity contribution is 7.98. The number of benzene rings is 1. The van der Waals surface area contributed by atoms with Crippen molar-refractivity contribution < 1.29 is 4.42 Å². The Morgan fingerprint density at radius 2 is 1.96 bits per heavy atom. The first-order valence-electron chi connectivity index (χ1n) is 8.73. The summed E-state index contributed by atoms with van der Waals surface area (Å²) in [7, 11) is 1.95. The number of rotatable bonds is 6. The van der Waals surface area contributed by atoms with Crippen LogP contribution >= 0.6 is 23.1 Å². The van der Waals surface area contributed by atoms with Crippen LogP contribution < -0.4 is 0 Å². The van der Waals surface area contributed by atoms with Gasteiger partial charge in [-0.3, -0.25) is 0 Å². The molecule has 0 aliphatic heterocycles. The molecule has 1 aromatic carbocycles. The molecule has 0 aliphatic rings. The maximum Gasteiger partial charge on any atom is 0.200 e. The van der Waals surface area contributed by atoms with Crippen molar-refractivity contribution in [3.8, 4) is 22.2 Å². The minimum absolute atomic E-state index is 0.541. The average molecular weight is 397 g/mol. The van der Waals surface area contributed by atoms with E-state index in [2.05, 4.69) is 53.3 Å². The summed E-state index contributed by atoms with van der Waals surface area (Å²) in [6, 6.07) is 12.4. The van der Waals surface area contributed by atoms with Crippen LogP contribution in [0.5, 0.6) is 0 Å². The van der Waals surface area contributed by atoms with Gasteiger partial charge in [-0.15, -0.1) is 21.5 Å². The number of furan rings is 1. The normalized spacial score (nSPS) is 11.4. The van der Waals surface area contributed by atoms with E-state index in [1.54, 1.807) is 29.4 Å². The maximum absolute atomic E-state index is 5.41. The van der Waals surface area contributed by atoms with Crippen LogP contribution in [-0.4, -0.2) is 19.7 Å². The lowest BCUT2D eigenvalue weighted by molar-refractivity contribution is 0.572. The number of hydrogen-bond acceptors (Lipinski definition) is 6. The Morgan fingerprint density at radius 1 is 1.15 bits per heavy atom. The molecule has 0 N–H and O–H groups in total. The van der Waals surface area contributed by atoms with Crippen molar-refractivity contribution in [2.45, 2.75) is 30.7 Å². The minimum Gasteiger partial charge on any atom is -0.461 e. The standard InChI is InChI=1S/C20H20N4OS2/c1-13(2)14-6-8-15(9-7-14)19-21-11-16(27-19)12-26-20-23-22-18(24(20)3)17-5-4-10-25-17/h4-11,13H,12H2,1-3H3. The van der Waals surface area contributed by atoms with Crippen molar-refractivity contribution >= 4 is 23.1 Å². The molecule has 0 atom stereocenters. The van der Waals surface area contributed by atoms with Crippen LogP contribution in [-0.2, 0) is 12.8 Å². The topological polar surface area (TPSA) is 56.7 Å². The molecule has 5 nitrogen and oxygen atoms in total. The molecule has 0 unspecified atom stereocenters. The SMILES string of the molecule is CC(C)c1ccc(-c2ncc(CSc3nnc(-c4ccco4)n3C)s2)cc1. The number of thioether (sulfide) groups is 1. The van der Waals surface area contributed by atoms with Crippen LogP contribution in [0.1, 0.15) is 30.2 Å². The monoisotopic (exact) mass is 396 g/mol. The smallest absolute Gasteiger partial charge is 0.200 e. The van der Waals surface area contributed by atoms with Gasteiger partial charge in [-0.25, -0.2) is 4.98 Å². The Labute approximate surface area is 166 Å². The summed E-state index contributed by atoms with van der Waals surface area (Å²) in [5.41, 5.74) is 2.51. The molecule has 0 spiro atoms. The van der Waals surface area contributed by atoms with Crippen LogP contribution in [0.3, 0.4) is 0 Å². The van der Waals surface area contributed by atoms with Gasteiger partial charge in [-0.05, 0) is 23.6 Å². The van der Waals surface area contributed by atoms with Crippen LogP contribution in [0, 0.1) is 0 Å². The summed E-state index contributed by atoms with van der Waals surface area (Å²) in [5, 5.41) is 10.4. The molecule has 3 aromatic heterocycles. The zero-order valence-corrected chi connectivity index (χ0v) is 17.0. The summed E-state index contributed by atoms with van der Waals surface area (Å²) >= 11 is 3.37. The van der Waals surface area contributed by atoms with E-state index in [0.29, 0.717) is 5.92 Å². The van der Waals surface area contributed by atoms with E-state index in [1.165, 1.54) is 16.0 Å². The van der Waals surface area contributed by atoms with Crippen molar-refractivity contribution in [3.05, 3.63) is 59.3 Å². The summed E-state index contributed by atoms with van der Waals surface area (Å²) in [6.45, 7) is 4.41. The Balaban J connectivity index is 1.44. The van der Waals surface area contributed by atoms with E-state index in [-0.39, 0.29) is 0 Å². The first kappa shape index (κ1) is 18.0. The minimum atomic E-state index is 0.541. The molecule has 3 heterocycles. The van der Waals surface area contributed by atoms with E-state index in [1.807, 2.05) is 29.9 Å². The van der Waals surface area contributed by atoms with E-state index in [9.17, 15) is 0 Å². The van der Waals surface area contributed by atoms with Crippen LogP contribution in [0.15, 0.2) is 58.4 Å². The molecule has 27 heavy (non-hydrogen) atoms. The third-order valence-corrected chi connectivity index (χ3v) is 6.60. The van der Waals surface area contributed by atoms with Crippen molar-refractivity contribution in [2.75, 3.05) is 0 Å². The van der Waals surface area contributed by atoms with Crippen molar-refractivity contribution in [1.82, 2.24) is 19.7 Å². The maximum atomic E-state index is 5.41. The Morgan fingerprint density at radius 3 is 2.67 bits per heavy atom. The van der Waals surface area contributed by atoms with E-state index in [4.69, 9.17) is 4.42 Å². The van der Waals surface area contributed by atoms with Gasteiger partial charge in [0.2, 0.25) is 0 Å². The zero-order chi connectivity index (χ0) is 18.8. The second-order valence-corrected chi connectivity index (χ2v) is 8.60. The first-order chi connectivity index (χ1) is 13.1. The molecule has 0 amide bonds. The second-order valence-electron chi connectivity index (χ2n) is 6.54. The fourth-order valence-electron chi connectivity index (χ4n) is 2.71. The summed E-state index contributed by atoms with van der Waals surface area (Å²) in [6.07, 6.45) is 3.59. The highest BCUT2D eigenvalue weighted by Gasteiger charge is 2.14. The van der Waals surface area contributed by atoms with Crippen molar-refractivity contribution in [3.63, 3.8) is 0 Å². The molecular formula is C20H20N4OS2. The highest BCUT2D eigenvalue weighted by atomic mass is 32.2. The van der Waals surface area contributed by atoms with Gasteiger partial charge in [-0.2, -0.15) is 0 Å². The predicted molar refractivity (Wildman–Crippen MR) is 110 cm³/mol. The van der Waals surface area contributed by atoms with Gasteiger partial charge in [0.15, 0.2) is 16.7 Å². The zero-order valence-electron chi connectivity index (χ0n) is 15.4. The molecule has 0 saturated carbocycles. The van der Waals surface area contributed by atoms with Gasteiger partial charge in [0.1, 0.15) is 5.01 Å². The summed E-state index contributed by atoms with van der Waals surface area (Å²) < 4.78 is 7.37. The number of thiazole rings is 1. The third kappa shape index (κ3) is 3.84. The third-order valence-electron chi connectivity index (χ3n) is 4.30. The summed E-state index contributed by atoms with van der Waals surface area (Å²) in [4.78, 5) is 5.80. The van der Waals surface area contributed by atoms with Crippen molar-refractivity contribution in [2.24, 2.45) is 7.05 Å². The number of aromatic nitrogens is 4. The molecule has 0 radical (unpaired) electrons. The lowest BCUT2D eigenvalue weighted by Gasteiger charge is -2.05. The molecule has 4 rings (SSSR count). The molecule has 138 valence electrons. The largest absolute Gasteiger partial charge is 0.461 e. The van der Waals surface area contributed by atoms with E-state index < -0.39 is 0 Å². The molecule has 0 saturated heterocycles. The Bertz CT molecular complexity index is 1020. The van der Waals surface area contributed by atoms with Gasteiger partial charge in [0, 0.05) is 29.4 Å². The van der Waals surface area contributed by atoms with Crippen LogP contribution in [0.4, 0.5) is 0 Å². The predicted octanol–water partition coefficient (Wildman–Crippen LogP) is 5.61. The van der Waals surface area contributed by atoms with E-state index in [0.717, 1.165) is 27.5 Å². The van der Waals surface area contributed by atoms with E-state index >= 15 is 0 Å². The molecule has 0 aliphatic carbocycles. The van der Waals surface area contributed by atoms with Gasteiger partial charge < -0.3 is 8.98 Å². The molecule has 7 heteroatoms. The average Bonchev–Trinajstić information content (AvgIpc) is 3.41. The van der Waals surface area contributed by atoms with Gasteiger partial charge in [0.05, 0.1) is 6.26 Å². The van der Waals surface area contributed by atoms with Gasteiger partial charge >= 0.3 is 0 Å². The van der Waals surface area contributed by atoms with Crippen LogP contribution in [0.2, 0.25) is 0 Å². The Hall–Kier alpha value is -2.38. The highest BCUT2D eigenvalue weighted by Crippen LogP contribution is 2.31. The lowest BCUT2D eigenvalue weighted by Crippen LogP contribution is -1.93. The molecule has 4 aromatic rings. The lowest BCUT2D eigenvalue weighted by atomic mass is 10.0. The second kappa shape index (κ2) is 7.70. The summed E-state index contributed by atoms with van der Waals surface area (Å²) in [5.74, 6) is 2.81.